The fraction of sp³-hybridized carbons (Fsp3) is 0.130. The number of hydrogen-bond donors (Lipinski definition) is 0. The van der Waals surface area contributed by atoms with Crippen molar-refractivity contribution >= 4 is 27.8 Å². The van der Waals surface area contributed by atoms with E-state index in [0.29, 0.717) is 0 Å². The lowest BCUT2D eigenvalue weighted by Crippen LogP contribution is -2.18. The smallest absolute Gasteiger partial charge is 0.0540 e. The molecule has 0 aliphatic heterocycles. The van der Waals surface area contributed by atoms with Gasteiger partial charge < -0.3 is 4.90 Å². The Bertz CT molecular complexity index is 2370. The molecule has 1 heteroatoms. The molecule has 0 amide bonds. The van der Waals surface area contributed by atoms with Crippen molar-refractivity contribution in [3.05, 3.63) is 174 Å². The van der Waals surface area contributed by atoms with E-state index in [1.807, 2.05) is 0 Å². The first kappa shape index (κ1) is 27.9. The Labute approximate surface area is 277 Å². The number of anilines is 3. The molecule has 7 aromatic carbocycles. The van der Waals surface area contributed by atoms with Crippen molar-refractivity contribution in [2.45, 2.75) is 38.5 Å². The first-order valence-corrected chi connectivity index (χ1v) is 16.7. The highest BCUT2D eigenvalue weighted by Gasteiger charge is 2.38. The molecular formula is C46H37N. The molecule has 0 atom stereocenters. The van der Waals surface area contributed by atoms with E-state index in [-0.39, 0.29) is 10.8 Å². The molecule has 0 N–H and O–H groups in total. The van der Waals surface area contributed by atoms with E-state index in [2.05, 4.69) is 184 Å². The van der Waals surface area contributed by atoms with Crippen LogP contribution >= 0.6 is 0 Å². The van der Waals surface area contributed by atoms with Crippen LogP contribution in [-0.2, 0) is 10.8 Å². The summed E-state index contributed by atoms with van der Waals surface area (Å²) in [6.45, 7) is 9.49. The van der Waals surface area contributed by atoms with Gasteiger partial charge in [0.25, 0.3) is 0 Å². The Morgan fingerprint density at radius 3 is 1.64 bits per heavy atom. The van der Waals surface area contributed by atoms with Gasteiger partial charge in [0.15, 0.2) is 0 Å². The molecule has 0 radical (unpaired) electrons. The molecule has 0 fully saturated rings. The molecule has 226 valence electrons. The van der Waals surface area contributed by atoms with Crippen LogP contribution in [0.1, 0.15) is 49.9 Å². The van der Waals surface area contributed by atoms with E-state index >= 15 is 0 Å². The third kappa shape index (κ3) is 4.02. The van der Waals surface area contributed by atoms with Crippen LogP contribution < -0.4 is 4.90 Å². The fourth-order valence-corrected chi connectivity index (χ4v) is 8.54. The summed E-state index contributed by atoms with van der Waals surface area (Å²) in [5.41, 5.74) is 16.7. The SMILES string of the molecule is CC1(C)c2ccccc2-c2ccc(N(c3ccc4ccccc4c3)c3ccccc3-c3cccc4c3C(C)(C)c3ccccc3-4)cc21. The van der Waals surface area contributed by atoms with Gasteiger partial charge in [-0.05, 0) is 91.2 Å². The quantitative estimate of drug-likeness (QED) is 0.193. The van der Waals surface area contributed by atoms with Crippen LogP contribution in [0.4, 0.5) is 17.1 Å². The first-order valence-electron chi connectivity index (χ1n) is 16.7. The van der Waals surface area contributed by atoms with E-state index in [1.165, 1.54) is 77.8 Å². The lowest BCUT2D eigenvalue weighted by molar-refractivity contribution is 0.660. The molecule has 0 unspecified atom stereocenters. The molecule has 0 aromatic heterocycles. The summed E-state index contributed by atoms with van der Waals surface area (Å²) < 4.78 is 0. The van der Waals surface area contributed by atoms with Crippen LogP contribution in [0.3, 0.4) is 0 Å². The van der Waals surface area contributed by atoms with Gasteiger partial charge in [-0.2, -0.15) is 0 Å². The molecule has 0 saturated heterocycles. The van der Waals surface area contributed by atoms with Crippen molar-refractivity contribution in [2.75, 3.05) is 4.90 Å². The Morgan fingerprint density at radius 1 is 0.362 bits per heavy atom. The maximum Gasteiger partial charge on any atom is 0.0540 e. The van der Waals surface area contributed by atoms with Crippen molar-refractivity contribution in [3.8, 4) is 33.4 Å². The van der Waals surface area contributed by atoms with E-state index in [4.69, 9.17) is 0 Å². The Morgan fingerprint density at radius 2 is 0.872 bits per heavy atom. The second-order valence-corrected chi connectivity index (χ2v) is 14.2. The van der Waals surface area contributed by atoms with Crippen LogP contribution in [0.5, 0.6) is 0 Å². The third-order valence-corrected chi connectivity index (χ3v) is 10.8. The number of rotatable bonds is 4. The second-order valence-electron chi connectivity index (χ2n) is 14.2. The zero-order valence-corrected chi connectivity index (χ0v) is 27.4. The predicted octanol–water partition coefficient (Wildman–Crippen LogP) is 12.6. The van der Waals surface area contributed by atoms with Gasteiger partial charge in [0.05, 0.1) is 5.69 Å². The van der Waals surface area contributed by atoms with E-state index in [9.17, 15) is 0 Å². The average molecular weight is 604 g/mol. The summed E-state index contributed by atoms with van der Waals surface area (Å²) >= 11 is 0. The number of hydrogen-bond acceptors (Lipinski definition) is 1. The first-order chi connectivity index (χ1) is 22.8. The van der Waals surface area contributed by atoms with E-state index in [0.717, 1.165) is 5.69 Å². The average Bonchev–Trinajstić information content (AvgIpc) is 3.48. The van der Waals surface area contributed by atoms with Gasteiger partial charge in [-0.25, -0.2) is 0 Å². The van der Waals surface area contributed by atoms with E-state index < -0.39 is 0 Å². The van der Waals surface area contributed by atoms with Crippen LogP contribution in [-0.4, -0.2) is 0 Å². The molecular weight excluding hydrogens is 567 g/mol. The molecule has 1 nitrogen and oxygen atoms in total. The Balaban J connectivity index is 1.29. The van der Waals surface area contributed by atoms with Crippen molar-refractivity contribution < 1.29 is 0 Å². The standard InChI is InChI=1S/C46H37N/c1-45(2)40-21-10-7-16-34(40)36-27-26-33(29-42(36)45)47(32-25-24-30-14-5-6-15-31(30)28-32)43-23-12-9-18-37(43)39-20-13-19-38-35-17-8-11-22-41(35)46(3,4)44(38)39/h5-29H,1-4H3. The van der Waals surface area contributed by atoms with Gasteiger partial charge >= 0.3 is 0 Å². The number of fused-ring (bicyclic) bond motifs is 7. The summed E-state index contributed by atoms with van der Waals surface area (Å²) in [6.07, 6.45) is 0. The molecule has 0 heterocycles. The zero-order valence-electron chi connectivity index (χ0n) is 27.4. The molecule has 9 rings (SSSR count). The van der Waals surface area contributed by atoms with Crippen LogP contribution in [0.25, 0.3) is 44.2 Å². The summed E-state index contributed by atoms with van der Waals surface area (Å²) in [6, 6.07) is 56.3. The third-order valence-electron chi connectivity index (χ3n) is 10.8. The lowest BCUT2D eigenvalue weighted by atomic mass is 9.78. The molecule has 0 bridgehead atoms. The maximum atomic E-state index is 2.48. The highest BCUT2D eigenvalue weighted by molar-refractivity contribution is 5.97. The largest absolute Gasteiger partial charge is 0.310 e. The maximum absolute atomic E-state index is 2.48. The van der Waals surface area contributed by atoms with Gasteiger partial charge in [-0.3, -0.25) is 0 Å². The minimum Gasteiger partial charge on any atom is -0.310 e. The summed E-state index contributed by atoms with van der Waals surface area (Å²) in [5.74, 6) is 0. The highest BCUT2D eigenvalue weighted by atomic mass is 15.1. The Kier molecular flexibility index (Phi) is 5.96. The lowest BCUT2D eigenvalue weighted by Gasteiger charge is -2.31. The summed E-state index contributed by atoms with van der Waals surface area (Å²) in [5, 5.41) is 2.48. The Hall–Kier alpha value is -5.40. The molecule has 0 spiro atoms. The van der Waals surface area contributed by atoms with Crippen molar-refractivity contribution in [2.24, 2.45) is 0 Å². The normalized spacial score (nSPS) is 14.7. The van der Waals surface area contributed by atoms with Crippen LogP contribution in [0, 0.1) is 0 Å². The van der Waals surface area contributed by atoms with Crippen molar-refractivity contribution in [1.29, 1.82) is 0 Å². The molecule has 2 aliphatic carbocycles. The second kappa shape index (κ2) is 10.0. The number of nitrogens with zero attached hydrogens (tertiary/aromatic N) is 1. The van der Waals surface area contributed by atoms with Gasteiger partial charge in [0, 0.05) is 27.8 Å². The van der Waals surface area contributed by atoms with Gasteiger partial charge in [0.2, 0.25) is 0 Å². The van der Waals surface area contributed by atoms with E-state index in [1.54, 1.807) is 0 Å². The highest BCUT2D eigenvalue weighted by Crippen LogP contribution is 2.55. The minimum atomic E-state index is -0.118. The summed E-state index contributed by atoms with van der Waals surface area (Å²) in [7, 11) is 0. The van der Waals surface area contributed by atoms with Gasteiger partial charge in [-0.15, -0.1) is 0 Å². The zero-order chi connectivity index (χ0) is 31.9. The van der Waals surface area contributed by atoms with Crippen LogP contribution in [0.15, 0.2) is 152 Å². The molecule has 2 aliphatic rings. The summed E-state index contributed by atoms with van der Waals surface area (Å²) in [4.78, 5) is 2.48. The fourth-order valence-electron chi connectivity index (χ4n) is 8.54. The van der Waals surface area contributed by atoms with Gasteiger partial charge in [0.1, 0.15) is 0 Å². The number of benzene rings is 7. The number of para-hydroxylation sites is 1. The minimum absolute atomic E-state index is 0.0907. The molecule has 7 aromatic rings. The van der Waals surface area contributed by atoms with Gasteiger partial charge in [-0.1, -0.05) is 149 Å². The molecule has 0 saturated carbocycles. The van der Waals surface area contributed by atoms with Crippen LogP contribution in [0.2, 0.25) is 0 Å². The molecule has 47 heavy (non-hydrogen) atoms. The van der Waals surface area contributed by atoms with Crippen molar-refractivity contribution in [1.82, 2.24) is 0 Å². The predicted molar refractivity (Wildman–Crippen MR) is 199 cm³/mol. The van der Waals surface area contributed by atoms with Crippen molar-refractivity contribution in [3.63, 3.8) is 0 Å². The topological polar surface area (TPSA) is 3.24 Å². The monoisotopic (exact) mass is 603 g/mol.